The van der Waals surface area contributed by atoms with Gasteiger partial charge in [0, 0.05) is 18.5 Å². The maximum atomic E-state index is 13.1. The second-order valence-corrected chi connectivity index (χ2v) is 7.97. The van der Waals surface area contributed by atoms with Crippen molar-refractivity contribution < 1.29 is 23.2 Å². The van der Waals surface area contributed by atoms with Gasteiger partial charge >= 0.3 is 0 Å². The van der Waals surface area contributed by atoms with Crippen LogP contribution in [0.1, 0.15) is 54.6 Å². The van der Waals surface area contributed by atoms with E-state index in [1.54, 1.807) is 13.0 Å². The van der Waals surface area contributed by atoms with Crippen LogP contribution in [0.25, 0.3) is 10.6 Å². The first-order valence-electron chi connectivity index (χ1n) is 9.01. The SMILES string of the molecule is C[C@@H](O)c1nnc(CCC2CC(NC(=O)c3cc(-c4ccc(F)s4)no3)C2)o1. The Kier molecular flexibility index (Phi) is 5.23. The molecule has 10 heteroatoms. The number of aryl methyl sites for hydroxylation is 1. The lowest BCUT2D eigenvalue weighted by Gasteiger charge is -2.35. The van der Waals surface area contributed by atoms with Gasteiger partial charge in [0.15, 0.2) is 5.13 Å². The van der Waals surface area contributed by atoms with Crippen LogP contribution in [-0.4, -0.2) is 32.4 Å². The first-order chi connectivity index (χ1) is 13.5. The fourth-order valence-electron chi connectivity index (χ4n) is 3.16. The molecule has 3 aromatic heterocycles. The molecule has 0 radical (unpaired) electrons. The Balaban J connectivity index is 1.22. The van der Waals surface area contributed by atoms with Crippen LogP contribution in [0.2, 0.25) is 0 Å². The molecule has 1 aliphatic carbocycles. The molecule has 148 valence electrons. The third-order valence-electron chi connectivity index (χ3n) is 4.74. The summed E-state index contributed by atoms with van der Waals surface area (Å²) in [5.41, 5.74) is 0.446. The van der Waals surface area contributed by atoms with E-state index in [1.165, 1.54) is 12.1 Å². The molecule has 0 bridgehead atoms. The Labute approximate surface area is 163 Å². The Morgan fingerprint density at radius 1 is 1.43 bits per heavy atom. The number of carbonyl (C=O) groups is 1. The fourth-order valence-corrected chi connectivity index (χ4v) is 3.84. The molecule has 1 aliphatic rings. The summed E-state index contributed by atoms with van der Waals surface area (Å²) >= 11 is 0.950. The molecule has 2 N–H and O–H groups in total. The van der Waals surface area contributed by atoms with Crippen molar-refractivity contribution in [2.75, 3.05) is 0 Å². The van der Waals surface area contributed by atoms with Crippen LogP contribution >= 0.6 is 11.3 Å². The third kappa shape index (κ3) is 4.12. The van der Waals surface area contributed by atoms with E-state index in [1.807, 2.05) is 0 Å². The number of aromatic nitrogens is 3. The second-order valence-electron chi connectivity index (χ2n) is 6.94. The van der Waals surface area contributed by atoms with Gasteiger partial charge in [-0.2, -0.15) is 4.39 Å². The Morgan fingerprint density at radius 2 is 2.25 bits per heavy atom. The lowest BCUT2D eigenvalue weighted by molar-refractivity contribution is 0.0847. The highest BCUT2D eigenvalue weighted by Crippen LogP contribution is 2.32. The molecule has 1 atom stereocenters. The van der Waals surface area contributed by atoms with Crippen LogP contribution in [0.4, 0.5) is 4.39 Å². The highest BCUT2D eigenvalue weighted by molar-refractivity contribution is 7.13. The topological polar surface area (TPSA) is 114 Å². The highest BCUT2D eigenvalue weighted by Gasteiger charge is 2.31. The monoisotopic (exact) mass is 406 g/mol. The predicted octanol–water partition coefficient (Wildman–Crippen LogP) is 3.12. The number of hydrogen-bond donors (Lipinski definition) is 2. The summed E-state index contributed by atoms with van der Waals surface area (Å²) in [5, 5.41) is 23.5. The molecule has 28 heavy (non-hydrogen) atoms. The van der Waals surface area contributed by atoms with Gasteiger partial charge < -0.3 is 19.4 Å². The van der Waals surface area contributed by atoms with Crippen molar-refractivity contribution in [3.63, 3.8) is 0 Å². The summed E-state index contributed by atoms with van der Waals surface area (Å²) in [4.78, 5) is 12.9. The molecule has 3 heterocycles. The predicted molar refractivity (Wildman–Crippen MR) is 97.0 cm³/mol. The molecule has 0 unspecified atom stereocenters. The first kappa shape index (κ1) is 18.8. The highest BCUT2D eigenvalue weighted by atomic mass is 32.1. The standard InChI is InChI=1S/C18H19FN4O4S/c1-9(24)18-22-21-16(26-18)5-2-10-6-11(7-10)20-17(25)13-8-12(23-27-13)14-3-4-15(19)28-14/h3-4,8-11,24H,2,5-7H2,1H3,(H,20,25)/t9-,10?,11?/m1/s1. The Morgan fingerprint density at radius 3 is 2.93 bits per heavy atom. The molecule has 1 amide bonds. The van der Waals surface area contributed by atoms with E-state index in [-0.39, 0.29) is 28.7 Å². The molecule has 3 aromatic rings. The van der Waals surface area contributed by atoms with Gasteiger partial charge in [-0.25, -0.2) is 0 Å². The molecule has 1 saturated carbocycles. The van der Waals surface area contributed by atoms with E-state index >= 15 is 0 Å². The van der Waals surface area contributed by atoms with Crippen molar-refractivity contribution in [3.8, 4) is 10.6 Å². The maximum absolute atomic E-state index is 13.1. The number of nitrogens with one attached hydrogen (secondary N) is 1. The molecule has 0 aliphatic heterocycles. The number of halogens is 1. The number of amides is 1. The van der Waals surface area contributed by atoms with Crippen LogP contribution in [0, 0.1) is 11.0 Å². The number of aliphatic hydroxyl groups excluding tert-OH is 1. The number of nitrogens with zero attached hydrogens (tertiary/aromatic N) is 3. The summed E-state index contributed by atoms with van der Waals surface area (Å²) in [6.07, 6.45) is 2.48. The minimum Gasteiger partial charge on any atom is -0.422 e. The van der Waals surface area contributed by atoms with Crippen molar-refractivity contribution in [2.45, 2.75) is 44.8 Å². The van der Waals surface area contributed by atoms with Crippen LogP contribution in [0.15, 0.2) is 27.1 Å². The van der Waals surface area contributed by atoms with Gasteiger partial charge in [-0.15, -0.1) is 21.5 Å². The number of carbonyl (C=O) groups excluding carboxylic acids is 1. The first-order valence-corrected chi connectivity index (χ1v) is 9.83. The number of hydrogen-bond acceptors (Lipinski definition) is 8. The lowest BCUT2D eigenvalue weighted by Crippen LogP contribution is -2.44. The van der Waals surface area contributed by atoms with Crippen LogP contribution in [0.5, 0.6) is 0 Å². The molecule has 0 spiro atoms. The number of rotatable bonds is 7. The van der Waals surface area contributed by atoms with E-state index < -0.39 is 6.10 Å². The van der Waals surface area contributed by atoms with E-state index in [0.29, 0.717) is 28.8 Å². The van der Waals surface area contributed by atoms with E-state index in [2.05, 4.69) is 20.7 Å². The van der Waals surface area contributed by atoms with Gasteiger partial charge in [-0.1, -0.05) is 5.16 Å². The normalized spacial score (nSPS) is 20.0. The molecule has 0 saturated heterocycles. The average molecular weight is 406 g/mol. The third-order valence-corrected chi connectivity index (χ3v) is 5.63. The van der Waals surface area contributed by atoms with Crippen LogP contribution < -0.4 is 5.32 Å². The molecule has 8 nitrogen and oxygen atoms in total. The average Bonchev–Trinajstić information content (AvgIpc) is 3.36. The van der Waals surface area contributed by atoms with Gasteiger partial charge in [0.25, 0.3) is 5.91 Å². The summed E-state index contributed by atoms with van der Waals surface area (Å²) in [6.45, 7) is 1.58. The van der Waals surface area contributed by atoms with Crippen molar-refractivity contribution in [1.82, 2.24) is 20.7 Å². The maximum Gasteiger partial charge on any atom is 0.290 e. The minimum absolute atomic E-state index is 0.0842. The van der Waals surface area contributed by atoms with E-state index in [9.17, 15) is 14.3 Å². The summed E-state index contributed by atoms with van der Waals surface area (Å²) < 4.78 is 23.6. The molecule has 0 aromatic carbocycles. The number of thiophene rings is 1. The Bertz CT molecular complexity index is 960. The Hall–Kier alpha value is -2.59. The molecule has 1 fully saturated rings. The zero-order valence-electron chi connectivity index (χ0n) is 15.1. The zero-order valence-corrected chi connectivity index (χ0v) is 15.9. The molecule has 4 rings (SSSR count). The van der Waals surface area contributed by atoms with Crippen LogP contribution in [-0.2, 0) is 6.42 Å². The van der Waals surface area contributed by atoms with Gasteiger partial charge in [0.05, 0.1) is 4.88 Å². The van der Waals surface area contributed by atoms with E-state index in [0.717, 1.165) is 30.6 Å². The quantitative estimate of drug-likeness (QED) is 0.619. The van der Waals surface area contributed by atoms with Gasteiger partial charge in [0.2, 0.25) is 17.5 Å². The molecular weight excluding hydrogens is 387 g/mol. The van der Waals surface area contributed by atoms with Crippen molar-refractivity contribution in [1.29, 1.82) is 0 Å². The van der Waals surface area contributed by atoms with E-state index in [4.69, 9.17) is 8.94 Å². The van der Waals surface area contributed by atoms with Crippen molar-refractivity contribution in [3.05, 3.63) is 40.9 Å². The van der Waals surface area contributed by atoms with Gasteiger partial charge in [-0.05, 0) is 44.2 Å². The largest absolute Gasteiger partial charge is 0.422 e. The number of aliphatic hydroxyl groups is 1. The second kappa shape index (κ2) is 7.80. The summed E-state index contributed by atoms with van der Waals surface area (Å²) in [5.74, 6) is 1.00. The van der Waals surface area contributed by atoms with Gasteiger partial charge in [-0.3, -0.25) is 4.79 Å². The summed E-state index contributed by atoms with van der Waals surface area (Å²) in [7, 11) is 0. The van der Waals surface area contributed by atoms with Crippen LogP contribution in [0.3, 0.4) is 0 Å². The fraction of sp³-hybridized carbons (Fsp3) is 0.444. The lowest BCUT2D eigenvalue weighted by atomic mass is 9.77. The minimum atomic E-state index is -0.764. The van der Waals surface area contributed by atoms with Crippen molar-refractivity contribution >= 4 is 17.2 Å². The molecular formula is C18H19FN4O4S. The van der Waals surface area contributed by atoms with Crippen molar-refractivity contribution in [2.24, 2.45) is 5.92 Å². The zero-order chi connectivity index (χ0) is 19.7. The smallest absolute Gasteiger partial charge is 0.290 e. The summed E-state index contributed by atoms with van der Waals surface area (Å²) in [6, 6.07) is 4.55. The van der Waals surface area contributed by atoms with Gasteiger partial charge in [0.1, 0.15) is 11.8 Å².